The lowest BCUT2D eigenvalue weighted by Gasteiger charge is -2.20. The zero-order chi connectivity index (χ0) is 21.0. The fourth-order valence-electron chi connectivity index (χ4n) is 3.00. The standard InChI is InChI=1S/C21H20F3N3O2/c1-27-11-10-25-20(27)19(15-6-8-17(29-2)9-7-15)26-18(28)13-14-4-3-5-16(12-14)21(22,23)24/h3-12,19H,13H2,1-2H3,(H,26,28)/t19-/m0/s1. The molecule has 1 N–H and O–H groups in total. The Morgan fingerprint density at radius 3 is 2.52 bits per heavy atom. The summed E-state index contributed by atoms with van der Waals surface area (Å²) < 4.78 is 45.7. The molecule has 0 saturated heterocycles. The maximum Gasteiger partial charge on any atom is 0.416 e. The first-order chi connectivity index (χ1) is 13.8. The molecule has 0 aliphatic heterocycles. The lowest BCUT2D eigenvalue weighted by molar-refractivity contribution is -0.137. The second-order valence-electron chi connectivity index (χ2n) is 6.54. The quantitative estimate of drug-likeness (QED) is 0.679. The van der Waals surface area contributed by atoms with Gasteiger partial charge in [-0.3, -0.25) is 4.79 Å². The molecule has 29 heavy (non-hydrogen) atoms. The van der Waals surface area contributed by atoms with E-state index >= 15 is 0 Å². The molecule has 2 aromatic carbocycles. The number of aromatic nitrogens is 2. The third-order valence-corrected chi connectivity index (χ3v) is 4.49. The van der Waals surface area contributed by atoms with Crippen LogP contribution in [-0.2, 0) is 24.4 Å². The number of hydrogen-bond acceptors (Lipinski definition) is 3. The predicted molar refractivity (Wildman–Crippen MR) is 101 cm³/mol. The van der Waals surface area contributed by atoms with Crippen molar-refractivity contribution in [2.45, 2.75) is 18.6 Å². The summed E-state index contributed by atoms with van der Waals surface area (Å²) in [6, 6.07) is 11.4. The Hall–Kier alpha value is -3.29. The van der Waals surface area contributed by atoms with E-state index in [9.17, 15) is 18.0 Å². The van der Waals surface area contributed by atoms with Gasteiger partial charge in [-0.1, -0.05) is 30.3 Å². The molecule has 1 atom stereocenters. The van der Waals surface area contributed by atoms with Crippen molar-refractivity contribution >= 4 is 5.91 Å². The molecule has 1 amide bonds. The van der Waals surface area contributed by atoms with Crippen LogP contribution in [0.4, 0.5) is 13.2 Å². The molecule has 152 valence electrons. The van der Waals surface area contributed by atoms with E-state index in [1.807, 2.05) is 12.1 Å². The molecular formula is C21H20F3N3O2. The number of benzene rings is 2. The Balaban J connectivity index is 1.82. The molecule has 0 bridgehead atoms. The topological polar surface area (TPSA) is 56.1 Å². The summed E-state index contributed by atoms with van der Waals surface area (Å²) in [7, 11) is 3.36. The highest BCUT2D eigenvalue weighted by Crippen LogP contribution is 2.30. The van der Waals surface area contributed by atoms with Crippen molar-refractivity contribution < 1.29 is 22.7 Å². The van der Waals surface area contributed by atoms with E-state index in [0.29, 0.717) is 11.6 Å². The molecule has 3 aromatic rings. The van der Waals surface area contributed by atoms with Gasteiger partial charge in [0.05, 0.1) is 19.1 Å². The van der Waals surface area contributed by atoms with Crippen LogP contribution in [0.3, 0.4) is 0 Å². The van der Waals surface area contributed by atoms with Gasteiger partial charge in [0.25, 0.3) is 0 Å². The minimum Gasteiger partial charge on any atom is -0.497 e. The van der Waals surface area contributed by atoms with Crippen LogP contribution >= 0.6 is 0 Å². The summed E-state index contributed by atoms with van der Waals surface area (Å²) in [5.74, 6) is 0.864. The average Bonchev–Trinajstić information content (AvgIpc) is 3.11. The van der Waals surface area contributed by atoms with Gasteiger partial charge in [-0.2, -0.15) is 13.2 Å². The van der Waals surface area contributed by atoms with E-state index in [2.05, 4.69) is 10.3 Å². The Morgan fingerprint density at radius 1 is 1.21 bits per heavy atom. The monoisotopic (exact) mass is 403 g/mol. The van der Waals surface area contributed by atoms with E-state index in [1.165, 1.54) is 12.1 Å². The second kappa shape index (κ2) is 8.38. The zero-order valence-corrected chi connectivity index (χ0v) is 15.9. The van der Waals surface area contributed by atoms with Crippen LogP contribution in [0, 0.1) is 0 Å². The number of hydrogen-bond donors (Lipinski definition) is 1. The van der Waals surface area contributed by atoms with E-state index in [1.54, 1.807) is 43.3 Å². The van der Waals surface area contributed by atoms with E-state index < -0.39 is 23.7 Å². The minimum absolute atomic E-state index is 0.180. The molecule has 5 nitrogen and oxygen atoms in total. The highest BCUT2D eigenvalue weighted by molar-refractivity contribution is 5.79. The van der Waals surface area contributed by atoms with Crippen molar-refractivity contribution in [2.24, 2.45) is 7.05 Å². The number of nitrogens with zero attached hydrogens (tertiary/aromatic N) is 2. The summed E-state index contributed by atoms with van der Waals surface area (Å²) in [6.07, 6.45) is -1.26. The Kier molecular flexibility index (Phi) is 5.91. The van der Waals surface area contributed by atoms with Gasteiger partial charge < -0.3 is 14.6 Å². The largest absolute Gasteiger partial charge is 0.497 e. The SMILES string of the molecule is COc1ccc([C@H](NC(=O)Cc2cccc(C(F)(F)F)c2)c2nccn2C)cc1. The first-order valence-corrected chi connectivity index (χ1v) is 8.84. The van der Waals surface area contributed by atoms with Crippen molar-refractivity contribution in [1.82, 2.24) is 14.9 Å². The number of alkyl halides is 3. The number of nitrogens with one attached hydrogen (secondary N) is 1. The lowest BCUT2D eigenvalue weighted by Crippen LogP contribution is -2.32. The normalized spacial score (nSPS) is 12.4. The number of aryl methyl sites for hydroxylation is 1. The van der Waals surface area contributed by atoms with Crippen LogP contribution < -0.4 is 10.1 Å². The van der Waals surface area contributed by atoms with Crippen molar-refractivity contribution in [3.8, 4) is 5.75 Å². The van der Waals surface area contributed by atoms with Gasteiger partial charge in [-0.05, 0) is 29.3 Å². The summed E-state index contributed by atoms with van der Waals surface area (Å²) in [5, 5.41) is 2.88. The number of ether oxygens (including phenoxy) is 1. The van der Waals surface area contributed by atoms with Gasteiger partial charge in [0.2, 0.25) is 5.91 Å². The molecule has 3 rings (SSSR count). The molecule has 1 aromatic heterocycles. The average molecular weight is 403 g/mol. The number of methoxy groups -OCH3 is 1. The minimum atomic E-state index is -4.45. The summed E-state index contributed by atoms with van der Waals surface area (Å²) >= 11 is 0. The van der Waals surface area contributed by atoms with Crippen LogP contribution in [0.5, 0.6) is 5.75 Å². The molecule has 0 aliphatic rings. The van der Waals surface area contributed by atoms with Gasteiger partial charge in [0.15, 0.2) is 0 Å². The first kappa shape index (κ1) is 20.4. The molecule has 0 fully saturated rings. The van der Waals surface area contributed by atoms with Crippen molar-refractivity contribution in [3.63, 3.8) is 0 Å². The van der Waals surface area contributed by atoms with Crippen LogP contribution in [0.1, 0.15) is 28.6 Å². The van der Waals surface area contributed by atoms with Gasteiger partial charge >= 0.3 is 6.18 Å². The van der Waals surface area contributed by atoms with E-state index in [-0.39, 0.29) is 12.0 Å². The number of imidazole rings is 1. The van der Waals surface area contributed by atoms with Gasteiger partial charge in [-0.15, -0.1) is 0 Å². The zero-order valence-electron chi connectivity index (χ0n) is 15.9. The van der Waals surface area contributed by atoms with Crippen molar-refractivity contribution in [3.05, 3.63) is 83.4 Å². The molecular weight excluding hydrogens is 383 g/mol. The number of halogens is 3. The molecule has 0 unspecified atom stereocenters. The molecule has 1 heterocycles. The molecule has 8 heteroatoms. The lowest BCUT2D eigenvalue weighted by atomic mass is 10.0. The van der Waals surface area contributed by atoms with E-state index in [0.717, 1.165) is 17.7 Å². The predicted octanol–water partition coefficient (Wildman–Crippen LogP) is 3.90. The third kappa shape index (κ3) is 4.96. The third-order valence-electron chi connectivity index (χ3n) is 4.49. The summed E-state index contributed by atoms with van der Waals surface area (Å²) in [6.45, 7) is 0. The van der Waals surface area contributed by atoms with E-state index in [4.69, 9.17) is 4.74 Å². The maximum atomic E-state index is 12.9. The van der Waals surface area contributed by atoms with Crippen LogP contribution in [0.2, 0.25) is 0 Å². The van der Waals surface area contributed by atoms with Crippen molar-refractivity contribution in [1.29, 1.82) is 0 Å². The summed E-state index contributed by atoms with van der Waals surface area (Å²) in [5.41, 5.74) is 0.279. The molecule has 0 radical (unpaired) electrons. The first-order valence-electron chi connectivity index (χ1n) is 8.84. The molecule has 0 aliphatic carbocycles. The maximum absolute atomic E-state index is 12.9. The smallest absolute Gasteiger partial charge is 0.416 e. The van der Waals surface area contributed by atoms with Crippen molar-refractivity contribution in [2.75, 3.05) is 7.11 Å². The second-order valence-corrected chi connectivity index (χ2v) is 6.54. The van der Waals surface area contributed by atoms with Crippen LogP contribution in [-0.4, -0.2) is 22.6 Å². The van der Waals surface area contributed by atoms with Gasteiger partial charge in [-0.25, -0.2) is 4.98 Å². The molecule has 0 saturated carbocycles. The number of carbonyl (C=O) groups excluding carboxylic acids is 1. The van der Waals surface area contributed by atoms with Gasteiger partial charge in [0, 0.05) is 19.4 Å². The van der Waals surface area contributed by atoms with Crippen LogP contribution in [0.25, 0.3) is 0 Å². The molecule has 0 spiro atoms. The fourth-order valence-corrected chi connectivity index (χ4v) is 3.00. The number of carbonyl (C=O) groups is 1. The van der Waals surface area contributed by atoms with Crippen LogP contribution in [0.15, 0.2) is 60.9 Å². The number of rotatable bonds is 6. The Labute approximate surface area is 166 Å². The van der Waals surface area contributed by atoms with Gasteiger partial charge in [0.1, 0.15) is 17.6 Å². The fraction of sp³-hybridized carbons (Fsp3) is 0.238. The Bertz CT molecular complexity index is 981. The highest BCUT2D eigenvalue weighted by Gasteiger charge is 2.30. The highest BCUT2D eigenvalue weighted by atomic mass is 19.4. The summed E-state index contributed by atoms with van der Waals surface area (Å²) in [4.78, 5) is 16.9. The number of amides is 1. The Morgan fingerprint density at radius 2 is 1.93 bits per heavy atom.